The van der Waals surface area contributed by atoms with Crippen molar-refractivity contribution in [1.29, 1.82) is 0 Å². The van der Waals surface area contributed by atoms with Crippen LogP contribution in [0.3, 0.4) is 0 Å². The van der Waals surface area contributed by atoms with Crippen LogP contribution in [-0.2, 0) is 11.2 Å². The molecule has 1 saturated heterocycles. The van der Waals surface area contributed by atoms with Gasteiger partial charge < -0.3 is 14.6 Å². The fourth-order valence-corrected chi connectivity index (χ4v) is 2.40. The number of aromatic hydroxyl groups is 1. The summed E-state index contributed by atoms with van der Waals surface area (Å²) in [5, 5.41) is 9.74. The monoisotopic (exact) mass is 288 g/mol. The summed E-state index contributed by atoms with van der Waals surface area (Å²) in [5.41, 5.74) is 1.57. The van der Waals surface area contributed by atoms with Gasteiger partial charge in [-0.1, -0.05) is 12.1 Å². The van der Waals surface area contributed by atoms with Crippen molar-refractivity contribution < 1.29 is 19.0 Å². The Hall–Kier alpha value is -2.07. The van der Waals surface area contributed by atoms with Crippen LogP contribution >= 0.6 is 0 Å². The SMILES string of the molecule is Oc1ccc(F)cc1Cc1ccc(O[C@@H]2CCOC2)cc1. The highest BCUT2D eigenvalue weighted by molar-refractivity contribution is 5.38. The normalized spacial score (nSPS) is 17.9. The van der Waals surface area contributed by atoms with Gasteiger partial charge in [0.1, 0.15) is 23.4 Å². The molecular formula is C17H17FO3. The number of benzene rings is 2. The number of hydrogen-bond acceptors (Lipinski definition) is 3. The molecule has 0 saturated carbocycles. The molecule has 21 heavy (non-hydrogen) atoms. The Kier molecular flexibility index (Phi) is 4.06. The minimum Gasteiger partial charge on any atom is -0.508 e. The molecule has 0 unspecified atom stereocenters. The Morgan fingerprint density at radius 1 is 1.19 bits per heavy atom. The van der Waals surface area contributed by atoms with E-state index in [1.165, 1.54) is 18.2 Å². The molecule has 1 aliphatic rings. The van der Waals surface area contributed by atoms with Crippen LogP contribution in [0.25, 0.3) is 0 Å². The molecule has 1 heterocycles. The summed E-state index contributed by atoms with van der Waals surface area (Å²) in [6, 6.07) is 11.6. The summed E-state index contributed by atoms with van der Waals surface area (Å²) >= 11 is 0. The van der Waals surface area contributed by atoms with E-state index in [0.29, 0.717) is 18.6 Å². The number of halogens is 1. The van der Waals surface area contributed by atoms with Gasteiger partial charge in [0, 0.05) is 18.4 Å². The van der Waals surface area contributed by atoms with Gasteiger partial charge in [-0.3, -0.25) is 0 Å². The molecule has 2 aromatic rings. The zero-order valence-corrected chi connectivity index (χ0v) is 11.6. The van der Waals surface area contributed by atoms with Crippen molar-refractivity contribution in [1.82, 2.24) is 0 Å². The lowest BCUT2D eigenvalue weighted by Gasteiger charge is -2.12. The molecule has 3 rings (SSSR count). The van der Waals surface area contributed by atoms with E-state index in [-0.39, 0.29) is 17.7 Å². The van der Waals surface area contributed by atoms with Crippen molar-refractivity contribution >= 4 is 0 Å². The number of phenols is 1. The predicted octanol–water partition coefficient (Wildman–Crippen LogP) is 3.29. The summed E-state index contributed by atoms with van der Waals surface area (Å²) in [4.78, 5) is 0. The molecular weight excluding hydrogens is 271 g/mol. The lowest BCUT2D eigenvalue weighted by Crippen LogP contribution is -2.15. The van der Waals surface area contributed by atoms with Crippen LogP contribution in [0.1, 0.15) is 17.5 Å². The molecule has 0 amide bonds. The smallest absolute Gasteiger partial charge is 0.124 e. The van der Waals surface area contributed by atoms with Crippen LogP contribution in [-0.4, -0.2) is 24.4 Å². The first-order valence-corrected chi connectivity index (χ1v) is 7.01. The van der Waals surface area contributed by atoms with Gasteiger partial charge >= 0.3 is 0 Å². The molecule has 2 aromatic carbocycles. The average molecular weight is 288 g/mol. The second-order valence-corrected chi connectivity index (χ2v) is 5.20. The third-order valence-electron chi connectivity index (χ3n) is 3.55. The van der Waals surface area contributed by atoms with Crippen LogP contribution in [0.15, 0.2) is 42.5 Å². The Morgan fingerprint density at radius 2 is 2.00 bits per heavy atom. The first kappa shape index (κ1) is 13.9. The van der Waals surface area contributed by atoms with Gasteiger partial charge in [-0.05, 0) is 35.9 Å². The average Bonchev–Trinajstić information content (AvgIpc) is 2.98. The Balaban J connectivity index is 1.67. The largest absolute Gasteiger partial charge is 0.508 e. The molecule has 0 spiro atoms. The highest BCUT2D eigenvalue weighted by Gasteiger charge is 2.16. The van der Waals surface area contributed by atoms with Crippen molar-refractivity contribution in [2.75, 3.05) is 13.2 Å². The topological polar surface area (TPSA) is 38.7 Å². The summed E-state index contributed by atoms with van der Waals surface area (Å²) in [6.45, 7) is 1.39. The zero-order valence-electron chi connectivity index (χ0n) is 11.6. The van der Waals surface area contributed by atoms with Crippen molar-refractivity contribution in [3.05, 3.63) is 59.4 Å². The molecule has 110 valence electrons. The van der Waals surface area contributed by atoms with Crippen LogP contribution < -0.4 is 4.74 Å². The first-order valence-electron chi connectivity index (χ1n) is 7.01. The van der Waals surface area contributed by atoms with Gasteiger partial charge in [-0.25, -0.2) is 4.39 Å². The van der Waals surface area contributed by atoms with E-state index in [2.05, 4.69) is 0 Å². The van der Waals surface area contributed by atoms with Crippen molar-refractivity contribution in [2.45, 2.75) is 18.9 Å². The maximum absolute atomic E-state index is 13.2. The number of phenolic OH excluding ortho intramolecular Hbond substituents is 1. The molecule has 0 aliphatic carbocycles. The fourth-order valence-electron chi connectivity index (χ4n) is 2.40. The standard InChI is InChI=1S/C17H17FO3/c18-14-3-6-17(19)13(10-14)9-12-1-4-15(5-2-12)21-16-7-8-20-11-16/h1-6,10,16,19H,7-9,11H2/t16-/m1/s1. The van der Waals surface area contributed by atoms with E-state index < -0.39 is 0 Å². The molecule has 3 nitrogen and oxygen atoms in total. The maximum atomic E-state index is 13.2. The minimum absolute atomic E-state index is 0.111. The lowest BCUT2D eigenvalue weighted by atomic mass is 10.0. The fraction of sp³-hybridized carbons (Fsp3) is 0.294. The Labute approximate surface area is 122 Å². The van der Waals surface area contributed by atoms with Gasteiger partial charge in [-0.2, -0.15) is 0 Å². The lowest BCUT2D eigenvalue weighted by molar-refractivity contribution is 0.141. The third-order valence-corrected chi connectivity index (χ3v) is 3.55. The van der Waals surface area contributed by atoms with Crippen molar-refractivity contribution in [3.63, 3.8) is 0 Å². The maximum Gasteiger partial charge on any atom is 0.124 e. The van der Waals surface area contributed by atoms with Crippen LogP contribution in [0, 0.1) is 5.82 Å². The molecule has 1 atom stereocenters. The molecule has 1 aliphatic heterocycles. The van der Waals surface area contributed by atoms with Crippen LogP contribution in [0.2, 0.25) is 0 Å². The van der Waals surface area contributed by atoms with E-state index in [9.17, 15) is 9.50 Å². The quantitative estimate of drug-likeness (QED) is 0.938. The second-order valence-electron chi connectivity index (χ2n) is 5.20. The molecule has 0 aromatic heterocycles. The van der Waals surface area contributed by atoms with Gasteiger partial charge in [0.2, 0.25) is 0 Å². The summed E-state index contributed by atoms with van der Waals surface area (Å²) < 4.78 is 24.3. The summed E-state index contributed by atoms with van der Waals surface area (Å²) in [6.07, 6.45) is 1.53. The molecule has 0 bridgehead atoms. The molecule has 1 fully saturated rings. The minimum atomic E-state index is -0.344. The zero-order chi connectivity index (χ0) is 14.7. The Morgan fingerprint density at radius 3 is 2.71 bits per heavy atom. The first-order chi connectivity index (χ1) is 10.2. The third kappa shape index (κ3) is 3.52. The van der Waals surface area contributed by atoms with Gasteiger partial charge in [-0.15, -0.1) is 0 Å². The Bertz CT molecular complexity index is 604. The van der Waals surface area contributed by atoms with E-state index in [1.807, 2.05) is 24.3 Å². The van der Waals surface area contributed by atoms with Crippen LogP contribution in [0.4, 0.5) is 4.39 Å². The number of hydrogen-bond donors (Lipinski definition) is 1. The summed E-state index contributed by atoms with van der Waals surface area (Å²) in [5.74, 6) is 0.571. The molecule has 0 radical (unpaired) electrons. The van der Waals surface area contributed by atoms with E-state index >= 15 is 0 Å². The van der Waals surface area contributed by atoms with E-state index in [1.54, 1.807) is 0 Å². The van der Waals surface area contributed by atoms with Crippen LogP contribution in [0.5, 0.6) is 11.5 Å². The summed E-state index contributed by atoms with van der Waals surface area (Å²) in [7, 11) is 0. The molecule has 1 N–H and O–H groups in total. The molecule has 4 heteroatoms. The van der Waals surface area contributed by atoms with Gasteiger partial charge in [0.25, 0.3) is 0 Å². The van der Waals surface area contributed by atoms with Gasteiger partial charge in [0.15, 0.2) is 0 Å². The van der Waals surface area contributed by atoms with E-state index in [0.717, 1.165) is 24.3 Å². The number of rotatable bonds is 4. The second kappa shape index (κ2) is 6.14. The van der Waals surface area contributed by atoms with Crippen molar-refractivity contribution in [3.8, 4) is 11.5 Å². The predicted molar refractivity (Wildman–Crippen MR) is 77.2 cm³/mol. The highest BCUT2D eigenvalue weighted by Crippen LogP contribution is 2.23. The van der Waals surface area contributed by atoms with Gasteiger partial charge in [0.05, 0.1) is 13.2 Å². The van der Waals surface area contributed by atoms with Crippen molar-refractivity contribution in [2.24, 2.45) is 0 Å². The van der Waals surface area contributed by atoms with E-state index in [4.69, 9.17) is 9.47 Å². The highest BCUT2D eigenvalue weighted by atomic mass is 19.1. The number of ether oxygens (including phenoxy) is 2.